The van der Waals surface area contributed by atoms with Crippen LogP contribution < -0.4 is 19.7 Å². The molecule has 3 aromatic carbocycles. The van der Waals surface area contributed by atoms with Crippen molar-refractivity contribution in [1.82, 2.24) is 19.6 Å². The van der Waals surface area contributed by atoms with Crippen molar-refractivity contribution in [2.75, 3.05) is 49.5 Å². The number of aliphatic hydroxyl groups is 1. The van der Waals surface area contributed by atoms with E-state index < -0.39 is 21.5 Å². The second-order valence-corrected chi connectivity index (χ2v) is 19.1. The Kier molecular flexibility index (Phi) is 11.9. The van der Waals surface area contributed by atoms with Gasteiger partial charge in [-0.15, -0.1) is 0 Å². The Morgan fingerprint density at radius 2 is 1.78 bits per heavy atom. The molecule has 58 heavy (non-hydrogen) atoms. The molecule has 4 N–H and O–H groups in total. The van der Waals surface area contributed by atoms with E-state index in [1.807, 2.05) is 30.3 Å². The fourth-order valence-corrected chi connectivity index (χ4v) is 8.90. The summed E-state index contributed by atoms with van der Waals surface area (Å²) in [5, 5.41) is 14.9. The molecule has 1 amide bonds. The summed E-state index contributed by atoms with van der Waals surface area (Å²) >= 11 is 6.24. The number of aryl methyl sites for hydroxylation is 1. The van der Waals surface area contributed by atoms with Crippen LogP contribution in [0.1, 0.15) is 74.9 Å². The number of nitrogens with one attached hydrogen (secondary N) is 3. The number of ether oxygens (including phenoxy) is 1. The molecule has 0 atom stereocenters. The van der Waals surface area contributed by atoms with Gasteiger partial charge in [0.05, 0.1) is 22.3 Å². The summed E-state index contributed by atoms with van der Waals surface area (Å²) < 4.78 is 35.8. The van der Waals surface area contributed by atoms with Crippen molar-refractivity contribution in [2.24, 2.45) is 5.41 Å². The third-order valence-corrected chi connectivity index (χ3v) is 12.7. The largest absolute Gasteiger partial charge is 0.455 e. The van der Waals surface area contributed by atoms with Crippen LogP contribution in [0.5, 0.6) is 11.5 Å². The predicted octanol–water partition coefficient (Wildman–Crippen LogP) is 8.79. The molecule has 1 saturated heterocycles. The van der Waals surface area contributed by atoms with Crippen LogP contribution >= 0.6 is 11.6 Å². The average molecular weight is 825 g/mol. The van der Waals surface area contributed by atoms with Crippen LogP contribution in [0.4, 0.5) is 11.4 Å². The number of rotatable bonds is 13. The van der Waals surface area contributed by atoms with Gasteiger partial charge >= 0.3 is 0 Å². The molecular weight excluding hydrogens is 772 g/mol. The SMILES string of the molecule is Cc1cc(S(=O)(=O)NC(=O)c2ccc(N3CCN(CC4=C(c5ccc(Cl)cc5)CC(C)(C)CC4)CC3)cc2Oc2cnc3[nH]ccc3c2)ccc1NCCC(C)(C)O. The second kappa shape index (κ2) is 16.8. The number of aromatic nitrogens is 2. The molecule has 1 aliphatic heterocycles. The number of piperazine rings is 1. The standard InChI is InChI=1S/C45H53ClN6O5S/c1-30-24-37(11-13-40(30)47-19-17-45(4,5)54)58(55,56)50-43(53)38-12-10-35(26-41(38)57-36-25-32-15-18-48-42(32)49-28-36)52-22-20-51(21-23-52)29-33-14-16-44(2,3)27-39(33)31-6-8-34(46)9-7-31/h6-13,15,18,24-26,28,47,54H,14,16-17,19-23,27,29H2,1-5H3,(H,48,49)(H,50,53). The number of anilines is 2. The third-order valence-electron chi connectivity index (χ3n) is 11.1. The fourth-order valence-electron chi connectivity index (χ4n) is 7.72. The van der Waals surface area contributed by atoms with Gasteiger partial charge in [0.15, 0.2) is 0 Å². The van der Waals surface area contributed by atoms with E-state index >= 15 is 0 Å². The first-order chi connectivity index (χ1) is 27.5. The van der Waals surface area contributed by atoms with E-state index in [1.165, 1.54) is 28.8 Å². The van der Waals surface area contributed by atoms with Crippen LogP contribution in [0, 0.1) is 12.3 Å². The number of aromatic amines is 1. The molecule has 0 bridgehead atoms. The van der Waals surface area contributed by atoms with Gasteiger partial charge in [-0.05, 0) is 123 Å². The molecule has 0 radical (unpaired) electrons. The fraction of sp³-hybridized carbons (Fsp3) is 0.378. The van der Waals surface area contributed by atoms with Crippen molar-refractivity contribution in [3.05, 3.63) is 112 Å². The lowest BCUT2D eigenvalue weighted by atomic mass is 9.72. The summed E-state index contributed by atoms with van der Waals surface area (Å²) in [6, 6.07) is 21.8. The molecule has 0 unspecified atom stereocenters. The lowest BCUT2D eigenvalue weighted by molar-refractivity contribution is 0.0748. The van der Waals surface area contributed by atoms with Crippen LogP contribution in [-0.4, -0.2) is 79.2 Å². The van der Waals surface area contributed by atoms with Crippen LogP contribution in [0.2, 0.25) is 5.02 Å². The number of pyridine rings is 1. The number of carbonyl (C=O) groups excluding carboxylic acids is 1. The lowest BCUT2D eigenvalue weighted by Crippen LogP contribution is -2.47. The minimum absolute atomic E-state index is 0.0431. The van der Waals surface area contributed by atoms with Gasteiger partial charge in [-0.2, -0.15) is 0 Å². The Morgan fingerprint density at radius 3 is 2.50 bits per heavy atom. The van der Waals surface area contributed by atoms with Crippen molar-refractivity contribution in [1.29, 1.82) is 0 Å². The number of benzene rings is 3. The summed E-state index contributed by atoms with van der Waals surface area (Å²) in [6.07, 6.45) is 7.14. The van der Waals surface area contributed by atoms with E-state index in [0.29, 0.717) is 29.9 Å². The van der Waals surface area contributed by atoms with Gasteiger partial charge in [0.2, 0.25) is 0 Å². The van der Waals surface area contributed by atoms with E-state index in [2.05, 4.69) is 55.8 Å². The lowest BCUT2D eigenvalue weighted by Gasteiger charge is -2.39. The number of carbonyl (C=O) groups is 1. The Morgan fingerprint density at radius 1 is 1.02 bits per heavy atom. The van der Waals surface area contributed by atoms with Crippen LogP contribution in [0.3, 0.4) is 0 Å². The highest BCUT2D eigenvalue weighted by molar-refractivity contribution is 7.90. The van der Waals surface area contributed by atoms with Crippen LogP contribution in [0.15, 0.2) is 95.7 Å². The molecular formula is C45H53ClN6O5S. The maximum atomic E-state index is 13.9. The average Bonchev–Trinajstić information content (AvgIpc) is 3.64. The van der Waals surface area contributed by atoms with Gasteiger partial charge in [-0.1, -0.05) is 43.2 Å². The van der Waals surface area contributed by atoms with Gasteiger partial charge in [0.1, 0.15) is 17.1 Å². The third kappa shape index (κ3) is 10.0. The zero-order chi connectivity index (χ0) is 41.2. The molecule has 0 spiro atoms. The van der Waals surface area contributed by atoms with E-state index in [-0.39, 0.29) is 21.6 Å². The Labute approximate surface area is 346 Å². The highest BCUT2D eigenvalue weighted by atomic mass is 35.5. The van der Waals surface area contributed by atoms with Crippen LogP contribution in [0.25, 0.3) is 16.6 Å². The first-order valence-electron chi connectivity index (χ1n) is 19.9. The summed E-state index contributed by atoms with van der Waals surface area (Å²) in [5.41, 5.74) is 6.67. The predicted molar refractivity (Wildman–Crippen MR) is 233 cm³/mol. The second-order valence-electron chi connectivity index (χ2n) is 17.0. The molecule has 11 nitrogen and oxygen atoms in total. The number of sulfonamides is 1. The minimum atomic E-state index is -4.25. The highest BCUT2D eigenvalue weighted by Crippen LogP contribution is 2.43. The first-order valence-corrected chi connectivity index (χ1v) is 21.7. The Balaban J connectivity index is 1.09. The maximum Gasteiger partial charge on any atom is 0.268 e. The van der Waals surface area contributed by atoms with Gasteiger partial charge in [0, 0.05) is 73.3 Å². The maximum absolute atomic E-state index is 13.9. The number of hydrogen-bond acceptors (Lipinski definition) is 9. The minimum Gasteiger partial charge on any atom is -0.455 e. The van der Waals surface area contributed by atoms with Crippen molar-refractivity contribution >= 4 is 55.5 Å². The Hall–Kier alpha value is -4.88. The van der Waals surface area contributed by atoms with Gasteiger partial charge in [-0.25, -0.2) is 18.1 Å². The molecule has 13 heteroatoms. The van der Waals surface area contributed by atoms with Crippen molar-refractivity contribution in [3.8, 4) is 11.5 Å². The molecule has 1 aliphatic carbocycles. The first kappa shape index (κ1) is 41.3. The molecule has 2 aliphatic rings. The van der Waals surface area contributed by atoms with E-state index in [0.717, 1.165) is 73.8 Å². The number of halogens is 1. The molecule has 1 fully saturated rings. The highest BCUT2D eigenvalue weighted by Gasteiger charge is 2.30. The quantitative estimate of drug-likeness (QED) is 0.0918. The summed E-state index contributed by atoms with van der Waals surface area (Å²) in [4.78, 5) is 26.1. The van der Waals surface area contributed by atoms with Crippen molar-refractivity contribution < 1.29 is 23.1 Å². The van der Waals surface area contributed by atoms with Gasteiger partial charge < -0.3 is 25.0 Å². The number of fused-ring (bicyclic) bond motifs is 1. The summed E-state index contributed by atoms with van der Waals surface area (Å²) in [6.45, 7) is 14.6. The van der Waals surface area contributed by atoms with Crippen LogP contribution in [-0.2, 0) is 10.0 Å². The van der Waals surface area contributed by atoms with Crippen molar-refractivity contribution in [3.63, 3.8) is 0 Å². The Bertz CT molecular complexity index is 2430. The normalized spacial score (nSPS) is 16.4. The molecule has 7 rings (SSSR count). The summed E-state index contributed by atoms with van der Waals surface area (Å²) in [5.74, 6) is -0.184. The van der Waals surface area contributed by atoms with Gasteiger partial charge in [-0.3, -0.25) is 9.69 Å². The van der Waals surface area contributed by atoms with E-state index in [9.17, 15) is 18.3 Å². The smallest absolute Gasteiger partial charge is 0.268 e. The van der Waals surface area contributed by atoms with E-state index in [1.54, 1.807) is 51.4 Å². The zero-order valence-electron chi connectivity index (χ0n) is 33.9. The number of nitrogens with zero attached hydrogens (tertiary/aromatic N) is 3. The summed E-state index contributed by atoms with van der Waals surface area (Å²) in [7, 11) is -4.25. The number of allylic oxidation sites excluding steroid dienone is 1. The molecule has 0 saturated carbocycles. The van der Waals surface area contributed by atoms with Gasteiger partial charge in [0.25, 0.3) is 15.9 Å². The molecule has 306 valence electrons. The topological polar surface area (TPSA) is 140 Å². The molecule has 2 aromatic heterocycles. The van der Waals surface area contributed by atoms with E-state index in [4.69, 9.17) is 16.3 Å². The number of amides is 1. The zero-order valence-corrected chi connectivity index (χ0v) is 35.4. The number of hydrogen-bond donors (Lipinski definition) is 4. The molecule has 3 heterocycles. The number of H-pyrrole nitrogens is 1. The monoisotopic (exact) mass is 824 g/mol. The van der Waals surface area contributed by atoms with Crippen molar-refractivity contribution in [2.45, 2.75) is 70.8 Å². The molecule has 5 aromatic rings.